The third-order valence-electron chi connectivity index (χ3n) is 7.41. The monoisotopic (exact) mass is 490 g/mol. The number of fused-ring (bicyclic) bond motifs is 2. The summed E-state index contributed by atoms with van der Waals surface area (Å²) < 4.78 is 17.0. The minimum Gasteiger partial charge on any atom is -0.399 e. The van der Waals surface area contributed by atoms with E-state index >= 15 is 0 Å². The van der Waals surface area contributed by atoms with E-state index in [2.05, 4.69) is 19.8 Å². The van der Waals surface area contributed by atoms with Crippen molar-refractivity contribution >= 4 is 17.5 Å². The summed E-state index contributed by atoms with van der Waals surface area (Å²) in [4.78, 5) is 33.2. The largest absolute Gasteiger partial charge is 0.399 e. The number of nitrogen functional groups attached to an aromatic ring is 1. The molecule has 1 aromatic carbocycles. The highest BCUT2D eigenvalue weighted by Crippen LogP contribution is 2.49. The first-order valence-electron chi connectivity index (χ1n) is 12.2. The fraction of sp³-hybridized carbons (Fsp3) is 0.370. The molecule has 2 aliphatic rings. The number of nitrogens with one attached hydrogen (secondary N) is 1. The molecule has 1 aliphatic heterocycles. The quantitative estimate of drug-likeness (QED) is 0.518. The zero-order chi connectivity index (χ0) is 25.4. The zero-order valence-electron chi connectivity index (χ0n) is 20.6. The molecule has 1 spiro atoms. The standard InChI is InChI=1S/C27H31FN6O2/c1-32(2)26(36)19-14-21(28)22(30-16-19)17-33-12-13-34-23(8-9-24(34)27(33)10-3-11-27)25(35)31-15-18-4-6-20(29)7-5-18/h4-9,14,16H,3,10-13,15,17,29H2,1-2H3,(H,31,35). The van der Waals surface area contributed by atoms with Gasteiger partial charge in [0.1, 0.15) is 11.5 Å². The second-order valence-electron chi connectivity index (χ2n) is 9.84. The van der Waals surface area contributed by atoms with Gasteiger partial charge in [-0.15, -0.1) is 0 Å². The van der Waals surface area contributed by atoms with Crippen LogP contribution in [0.3, 0.4) is 0 Å². The summed E-state index contributed by atoms with van der Waals surface area (Å²) in [5, 5.41) is 3.01. The zero-order valence-corrected chi connectivity index (χ0v) is 20.6. The number of anilines is 1. The second-order valence-corrected chi connectivity index (χ2v) is 9.84. The Morgan fingerprint density at radius 1 is 1.14 bits per heavy atom. The lowest BCUT2D eigenvalue weighted by Gasteiger charge is -2.53. The van der Waals surface area contributed by atoms with Gasteiger partial charge in [0.15, 0.2) is 0 Å². The van der Waals surface area contributed by atoms with E-state index < -0.39 is 5.82 Å². The molecule has 3 aromatic rings. The summed E-state index contributed by atoms with van der Waals surface area (Å²) in [5.74, 6) is -0.864. The Hall–Kier alpha value is -3.72. The molecule has 0 radical (unpaired) electrons. The first kappa shape index (κ1) is 24.0. The molecule has 9 heteroatoms. The van der Waals surface area contributed by atoms with Gasteiger partial charge < -0.3 is 20.5 Å². The number of hydrogen-bond acceptors (Lipinski definition) is 5. The van der Waals surface area contributed by atoms with Gasteiger partial charge in [-0.3, -0.25) is 19.5 Å². The number of pyridine rings is 1. The average Bonchev–Trinajstić information content (AvgIpc) is 3.27. The van der Waals surface area contributed by atoms with Crippen LogP contribution in [0.5, 0.6) is 0 Å². The molecular formula is C27H31FN6O2. The summed E-state index contributed by atoms with van der Waals surface area (Å²) in [5.41, 5.74) is 9.48. The molecule has 1 saturated carbocycles. The van der Waals surface area contributed by atoms with E-state index in [-0.39, 0.29) is 22.9 Å². The van der Waals surface area contributed by atoms with Crippen LogP contribution in [0.25, 0.3) is 0 Å². The van der Waals surface area contributed by atoms with Crippen molar-refractivity contribution in [3.63, 3.8) is 0 Å². The number of nitrogens with two attached hydrogens (primary N) is 1. The number of benzene rings is 1. The van der Waals surface area contributed by atoms with Crippen LogP contribution in [-0.2, 0) is 25.2 Å². The molecule has 1 fully saturated rings. The van der Waals surface area contributed by atoms with Crippen molar-refractivity contribution in [3.05, 3.63) is 82.7 Å². The van der Waals surface area contributed by atoms with Gasteiger partial charge in [-0.25, -0.2) is 4.39 Å². The van der Waals surface area contributed by atoms with Crippen LogP contribution in [-0.4, -0.2) is 51.8 Å². The lowest BCUT2D eigenvalue weighted by Crippen LogP contribution is -2.56. The third-order valence-corrected chi connectivity index (χ3v) is 7.41. The number of carbonyl (C=O) groups excluding carboxylic acids is 2. The first-order chi connectivity index (χ1) is 17.3. The van der Waals surface area contributed by atoms with E-state index in [0.29, 0.717) is 43.3 Å². The molecule has 0 unspecified atom stereocenters. The van der Waals surface area contributed by atoms with Gasteiger partial charge >= 0.3 is 0 Å². The van der Waals surface area contributed by atoms with Crippen molar-refractivity contribution in [3.8, 4) is 0 Å². The summed E-state index contributed by atoms with van der Waals surface area (Å²) >= 11 is 0. The van der Waals surface area contributed by atoms with E-state index in [4.69, 9.17) is 5.73 Å². The van der Waals surface area contributed by atoms with E-state index in [9.17, 15) is 14.0 Å². The summed E-state index contributed by atoms with van der Waals surface area (Å²) in [7, 11) is 3.26. The highest BCUT2D eigenvalue weighted by Gasteiger charge is 2.48. The van der Waals surface area contributed by atoms with Crippen LogP contribution in [0, 0.1) is 5.82 Å². The Balaban J connectivity index is 1.33. The smallest absolute Gasteiger partial charge is 0.268 e. The van der Waals surface area contributed by atoms with Crippen LogP contribution in [0.15, 0.2) is 48.7 Å². The number of nitrogens with zero attached hydrogens (tertiary/aromatic N) is 4. The van der Waals surface area contributed by atoms with Crippen LogP contribution in [0.4, 0.5) is 10.1 Å². The minimum atomic E-state index is -0.471. The number of aromatic nitrogens is 2. The number of amides is 2. The molecule has 0 atom stereocenters. The molecule has 3 heterocycles. The van der Waals surface area contributed by atoms with Crippen molar-refractivity contribution in [2.45, 2.75) is 44.4 Å². The van der Waals surface area contributed by atoms with Crippen molar-refractivity contribution in [2.75, 3.05) is 26.4 Å². The predicted molar refractivity (Wildman–Crippen MR) is 135 cm³/mol. The topological polar surface area (TPSA) is 96.5 Å². The maximum absolute atomic E-state index is 14.9. The van der Waals surface area contributed by atoms with Crippen LogP contribution >= 0.6 is 0 Å². The summed E-state index contributed by atoms with van der Waals surface area (Å²) in [6.07, 6.45) is 4.42. The van der Waals surface area contributed by atoms with Crippen LogP contribution in [0.2, 0.25) is 0 Å². The van der Waals surface area contributed by atoms with Crippen molar-refractivity contribution in [2.24, 2.45) is 0 Å². The molecule has 188 valence electrons. The second kappa shape index (κ2) is 9.39. The van der Waals surface area contributed by atoms with Gasteiger partial charge in [0.2, 0.25) is 0 Å². The Bertz CT molecular complexity index is 1300. The lowest BCUT2D eigenvalue weighted by molar-refractivity contribution is -0.0231. The molecule has 2 aromatic heterocycles. The van der Waals surface area contributed by atoms with E-state index in [1.165, 1.54) is 17.2 Å². The summed E-state index contributed by atoms with van der Waals surface area (Å²) in [6.45, 7) is 2.09. The normalized spacial score (nSPS) is 16.3. The Morgan fingerprint density at radius 3 is 2.53 bits per heavy atom. The molecule has 2 amide bonds. The molecule has 36 heavy (non-hydrogen) atoms. The average molecular weight is 491 g/mol. The number of carbonyl (C=O) groups is 2. The maximum atomic E-state index is 14.9. The molecule has 8 nitrogen and oxygen atoms in total. The highest BCUT2D eigenvalue weighted by atomic mass is 19.1. The molecule has 1 aliphatic carbocycles. The van der Waals surface area contributed by atoms with Crippen molar-refractivity contribution in [1.82, 2.24) is 24.7 Å². The SMILES string of the molecule is CN(C)C(=O)c1cnc(CN2CCn3c(C(=O)NCc4ccc(N)cc4)ccc3C23CCC3)c(F)c1. The van der Waals surface area contributed by atoms with Crippen molar-refractivity contribution < 1.29 is 14.0 Å². The van der Waals surface area contributed by atoms with Crippen LogP contribution < -0.4 is 11.1 Å². The molecule has 0 bridgehead atoms. The van der Waals surface area contributed by atoms with Gasteiger partial charge in [0.25, 0.3) is 11.8 Å². The van der Waals surface area contributed by atoms with Gasteiger partial charge in [0.05, 0.1) is 16.8 Å². The highest BCUT2D eigenvalue weighted by molar-refractivity contribution is 5.93. The Kier molecular flexibility index (Phi) is 6.26. The first-order valence-corrected chi connectivity index (χ1v) is 12.2. The molecule has 3 N–H and O–H groups in total. The maximum Gasteiger partial charge on any atom is 0.268 e. The molecular weight excluding hydrogens is 459 g/mol. The predicted octanol–water partition coefficient (Wildman–Crippen LogP) is 3.13. The number of halogens is 1. The van der Waals surface area contributed by atoms with Gasteiger partial charge in [-0.1, -0.05) is 12.1 Å². The molecule has 5 rings (SSSR count). The fourth-order valence-corrected chi connectivity index (χ4v) is 5.27. The minimum absolute atomic E-state index is 0.116. The van der Waals surface area contributed by atoms with Gasteiger partial charge in [-0.05, 0) is 55.2 Å². The molecule has 0 saturated heterocycles. The fourth-order valence-electron chi connectivity index (χ4n) is 5.27. The Morgan fingerprint density at radius 2 is 1.89 bits per heavy atom. The summed E-state index contributed by atoms with van der Waals surface area (Å²) in [6, 6.07) is 12.6. The van der Waals surface area contributed by atoms with E-state index in [1.54, 1.807) is 14.1 Å². The van der Waals surface area contributed by atoms with Crippen molar-refractivity contribution in [1.29, 1.82) is 0 Å². The van der Waals surface area contributed by atoms with E-state index in [1.807, 2.05) is 36.4 Å². The number of hydrogen-bond donors (Lipinski definition) is 2. The van der Waals surface area contributed by atoms with Gasteiger partial charge in [0, 0.05) is 57.9 Å². The van der Waals surface area contributed by atoms with E-state index in [0.717, 1.165) is 30.5 Å². The Labute approximate surface area is 209 Å². The van der Waals surface area contributed by atoms with Crippen LogP contribution in [0.1, 0.15) is 57.1 Å². The van der Waals surface area contributed by atoms with Gasteiger partial charge in [-0.2, -0.15) is 0 Å². The third kappa shape index (κ3) is 4.24. The number of rotatable bonds is 6. The lowest BCUT2D eigenvalue weighted by atomic mass is 9.71.